The number of benzene rings is 1. The van der Waals surface area contributed by atoms with Gasteiger partial charge in [0.25, 0.3) is 0 Å². The Labute approximate surface area is 104 Å². The first kappa shape index (κ1) is 10.9. The van der Waals surface area contributed by atoms with Crippen molar-refractivity contribution in [3.63, 3.8) is 0 Å². The van der Waals surface area contributed by atoms with E-state index in [1.165, 1.54) is 16.5 Å². The van der Waals surface area contributed by atoms with Gasteiger partial charge in [0.05, 0.1) is 0 Å². The highest BCUT2D eigenvalue weighted by molar-refractivity contribution is 5.84. The fourth-order valence-corrected chi connectivity index (χ4v) is 2.14. The Morgan fingerprint density at radius 3 is 3.00 bits per heavy atom. The van der Waals surface area contributed by atoms with E-state index in [4.69, 9.17) is 5.73 Å². The van der Waals surface area contributed by atoms with Gasteiger partial charge in [0.2, 0.25) is 0 Å². The van der Waals surface area contributed by atoms with Crippen LogP contribution < -0.4 is 5.73 Å². The highest BCUT2D eigenvalue weighted by Gasteiger charge is 2.06. The van der Waals surface area contributed by atoms with Gasteiger partial charge in [0.15, 0.2) is 5.82 Å². The van der Waals surface area contributed by atoms with E-state index in [1.54, 1.807) is 0 Å². The summed E-state index contributed by atoms with van der Waals surface area (Å²) in [4.78, 5) is 3.25. The van der Waals surface area contributed by atoms with Crippen LogP contribution in [0.3, 0.4) is 0 Å². The molecule has 0 bridgehead atoms. The van der Waals surface area contributed by atoms with Crippen molar-refractivity contribution >= 4 is 10.9 Å². The molecule has 18 heavy (non-hydrogen) atoms. The SMILES string of the molecule is NCCc1c[nH]c2ccc(Cc3nn[nH]n3)cc12. The zero-order valence-electron chi connectivity index (χ0n) is 9.85. The predicted molar refractivity (Wildman–Crippen MR) is 68.0 cm³/mol. The Hall–Kier alpha value is -2.21. The molecule has 2 heterocycles. The molecule has 0 saturated carbocycles. The Bertz CT molecular complexity index is 640. The normalized spacial score (nSPS) is 11.2. The molecule has 0 saturated heterocycles. The number of nitrogens with one attached hydrogen (secondary N) is 2. The van der Waals surface area contributed by atoms with Crippen LogP contribution in [0.25, 0.3) is 10.9 Å². The minimum absolute atomic E-state index is 0.655. The molecule has 92 valence electrons. The molecule has 0 atom stereocenters. The number of fused-ring (bicyclic) bond motifs is 1. The maximum absolute atomic E-state index is 5.61. The second kappa shape index (κ2) is 4.58. The molecule has 2 aromatic heterocycles. The van der Waals surface area contributed by atoms with Crippen molar-refractivity contribution in [1.82, 2.24) is 25.6 Å². The molecule has 0 unspecified atom stereocenters. The van der Waals surface area contributed by atoms with Crippen LogP contribution in [0.2, 0.25) is 0 Å². The molecule has 4 N–H and O–H groups in total. The third kappa shape index (κ3) is 1.98. The van der Waals surface area contributed by atoms with Crippen LogP contribution in [0.15, 0.2) is 24.4 Å². The van der Waals surface area contributed by atoms with E-state index < -0.39 is 0 Å². The lowest BCUT2D eigenvalue weighted by molar-refractivity contribution is 0.881. The molecule has 6 heteroatoms. The molecule has 0 aliphatic heterocycles. The molecule has 0 spiro atoms. The van der Waals surface area contributed by atoms with E-state index in [0.717, 1.165) is 11.9 Å². The Balaban J connectivity index is 1.96. The number of hydrogen-bond donors (Lipinski definition) is 3. The molecule has 0 amide bonds. The Morgan fingerprint density at radius 1 is 1.28 bits per heavy atom. The maximum Gasteiger partial charge on any atom is 0.178 e. The van der Waals surface area contributed by atoms with Crippen molar-refractivity contribution in [3.05, 3.63) is 41.3 Å². The zero-order valence-corrected chi connectivity index (χ0v) is 9.85. The summed E-state index contributed by atoms with van der Waals surface area (Å²) in [5.74, 6) is 0.699. The van der Waals surface area contributed by atoms with Gasteiger partial charge >= 0.3 is 0 Å². The van der Waals surface area contributed by atoms with Gasteiger partial charge in [-0.2, -0.15) is 5.21 Å². The van der Waals surface area contributed by atoms with Gasteiger partial charge in [-0.15, -0.1) is 10.2 Å². The Morgan fingerprint density at radius 2 is 2.22 bits per heavy atom. The molecular weight excluding hydrogens is 228 g/mol. The first-order valence-corrected chi connectivity index (χ1v) is 5.88. The third-order valence-corrected chi connectivity index (χ3v) is 3.00. The molecule has 3 aromatic rings. The van der Waals surface area contributed by atoms with Gasteiger partial charge in [-0.05, 0) is 36.2 Å². The molecule has 0 aliphatic carbocycles. The van der Waals surface area contributed by atoms with Crippen LogP contribution in [0.1, 0.15) is 17.0 Å². The molecule has 0 radical (unpaired) electrons. The standard InChI is InChI=1S/C12H14N6/c13-4-3-9-7-14-11-2-1-8(5-10(9)11)6-12-15-17-18-16-12/h1-2,5,7,14H,3-4,6,13H2,(H,15,16,17,18). The van der Waals surface area contributed by atoms with Crippen LogP contribution in [0.4, 0.5) is 0 Å². The highest BCUT2D eigenvalue weighted by Crippen LogP contribution is 2.21. The predicted octanol–water partition coefficient (Wildman–Crippen LogP) is 0.773. The number of nitrogens with zero attached hydrogens (tertiary/aromatic N) is 3. The average molecular weight is 242 g/mol. The molecule has 0 aliphatic rings. The summed E-state index contributed by atoms with van der Waals surface area (Å²) in [5.41, 5.74) is 9.17. The fourth-order valence-electron chi connectivity index (χ4n) is 2.14. The van der Waals surface area contributed by atoms with Crippen LogP contribution >= 0.6 is 0 Å². The topological polar surface area (TPSA) is 96.3 Å². The summed E-state index contributed by atoms with van der Waals surface area (Å²) in [5, 5.41) is 15.2. The number of H-pyrrole nitrogens is 2. The minimum atomic E-state index is 0.655. The van der Waals surface area contributed by atoms with E-state index in [-0.39, 0.29) is 0 Å². The van der Waals surface area contributed by atoms with E-state index in [9.17, 15) is 0 Å². The summed E-state index contributed by atoms with van der Waals surface area (Å²) >= 11 is 0. The van der Waals surface area contributed by atoms with Gasteiger partial charge in [-0.3, -0.25) is 0 Å². The van der Waals surface area contributed by atoms with Crippen LogP contribution in [-0.4, -0.2) is 32.2 Å². The largest absolute Gasteiger partial charge is 0.361 e. The molecule has 1 aromatic carbocycles. The lowest BCUT2D eigenvalue weighted by atomic mass is 10.1. The van der Waals surface area contributed by atoms with Gasteiger partial charge in [0.1, 0.15) is 0 Å². The number of tetrazole rings is 1. The second-order valence-electron chi connectivity index (χ2n) is 4.24. The molecular formula is C12H14N6. The van der Waals surface area contributed by atoms with Crippen LogP contribution in [0, 0.1) is 0 Å². The van der Waals surface area contributed by atoms with Gasteiger partial charge in [0, 0.05) is 23.5 Å². The Kier molecular flexibility index (Phi) is 2.77. The third-order valence-electron chi connectivity index (χ3n) is 3.00. The van der Waals surface area contributed by atoms with E-state index in [1.807, 2.05) is 6.20 Å². The van der Waals surface area contributed by atoms with E-state index in [0.29, 0.717) is 18.8 Å². The van der Waals surface area contributed by atoms with Crippen molar-refractivity contribution in [2.75, 3.05) is 6.54 Å². The number of hydrogen-bond acceptors (Lipinski definition) is 4. The summed E-state index contributed by atoms with van der Waals surface area (Å²) in [6.07, 6.45) is 3.58. The lowest BCUT2D eigenvalue weighted by Gasteiger charge is -2.00. The van der Waals surface area contributed by atoms with Crippen molar-refractivity contribution in [1.29, 1.82) is 0 Å². The molecule has 0 fully saturated rings. The highest BCUT2D eigenvalue weighted by atomic mass is 15.5. The monoisotopic (exact) mass is 242 g/mol. The van der Waals surface area contributed by atoms with Crippen molar-refractivity contribution in [2.45, 2.75) is 12.8 Å². The smallest absolute Gasteiger partial charge is 0.178 e. The summed E-state index contributed by atoms with van der Waals surface area (Å²) in [6, 6.07) is 6.30. The van der Waals surface area contributed by atoms with Gasteiger partial charge in [-0.1, -0.05) is 11.3 Å². The number of aromatic nitrogens is 5. The van der Waals surface area contributed by atoms with Gasteiger partial charge < -0.3 is 10.7 Å². The zero-order chi connectivity index (χ0) is 12.4. The fraction of sp³-hybridized carbons (Fsp3) is 0.250. The van der Waals surface area contributed by atoms with Crippen LogP contribution in [0.5, 0.6) is 0 Å². The summed E-state index contributed by atoms with van der Waals surface area (Å²) in [6.45, 7) is 0.655. The molecule has 6 nitrogen and oxygen atoms in total. The van der Waals surface area contributed by atoms with Crippen LogP contribution in [-0.2, 0) is 12.8 Å². The minimum Gasteiger partial charge on any atom is -0.361 e. The number of aromatic amines is 2. The van der Waals surface area contributed by atoms with Crippen molar-refractivity contribution in [2.24, 2.45) is 5.73 Å². The quantitative estimate of drug-likeness (QED) is 0.629. The average Bonchev–Trinajstić information content (AvgIpc) is 3.00. The van der Waals surface area contributed by atoms with Gasteiger partial charge in [-0.25, -0.2) is 0 Å². The first-order valence-electron chi connectivity index (χ1n) is 5.88. The van der Waals surface area contributed by atoms with E-state index >= 15 is 0 Å². The second-order valence-corrected chi connectivity index (χ2v) is 4.24. The summed E-state index contributed by atoms with van der Waals surface area (Å²) in [7, 11) is 0. The first-order chi connectivity index (χ1) is 8.86. The molecule has 3 rings (SSSR count). The maximum atomic E-state index is 5.61. The van der Waals surface area contributed by atoms with Crippen molar-refractivity contribution < 1.29 is 0 Å². The summed E-state index contributed by atoms with van der Waals surface area (Å²) < 4.78 is 0. The number of nitrogens with two attached hydrogens (primary N) is 1. The van der Waals surface area contributed by atoms with Crippen molar-refractivity contribution in [3.8, 4) is 0 Å². The number of rotatable bonds is 4. The lowest BCUT2D eigenvalue weighted by Crippen LogP contribution is -2.01. The van der Waals surface area contributed by atoms with E-state index in [2.05, 4.69) is 43.8 Å².